The Hall–Kier alpha value is -3.55. The third kappa shape index (κ3) is 4.66. The minimum atomic E-state index is -0.707. The van der Waals surface area contributed by atoms with Gasteiger partial charge in [-0.1, -0.05) is 0 Å². The molecule has 2 aromatic carbocycles. The minimum Gasteiger partial charge on any atom is -0.493 e. The Kier molecular flexibility index (Phi) is 6.01. The molecule has 0 aliphatic carbocycles. The highest BCUT2D eigenvalue weighted by Gasteiger charge is 2.27. The smallest absolute Gasteiger partial charge is 0.313 e. The second-order valence-electron chi connectivity index (χ2n) is 6.67. The lowest BCUT2D eigenvalue weighted by molar-refractivity contribution is -0.143. The van der Waals surface area contributed by atoms with Gasteiger partial charge in [-0.15, -0.1) is 0 Å². The number of carbonyl (C=O) groups is 3. The van der Waals surface area contributed by atoms with Crippen LogP contribution in [0.15, 0.2) is 36.4 Å². The van der Waals surface area contributed by atoms with E-state index in [1.54, 1.807) is 38.5 Å². The summed E-state index contributed by atoms with van der Waals surface area (Å²) in [6.45, 7) is 2.18. The van der Waals surface area contributed by atoms with Crippen LogP contribution in [0.5, 0.6) is 11.5 Å². The molecule has 3 rings (SSSR count). The van der Waals surface area contributed by atoms with Gasteiger partial charge in [-0.05, 0) is 53.9 Å². The number of rotatable bonds is 4. The van der Waals surface area contributed by atoms with Crippen LogP contribution in [0.1, 0.15) is 18.1 Å². The predicted molar refractivity (Wildman–Crippen MR) is 108 cm³/mol. The fraction of sp³-hybridized carbons (Fsp3) is 0.286. The van der Waals surface area contributed by atoms with Crippen molar-refractivity contribution in [3.63, 3.8) is 0 Å². The van der Waals surface area contributed by atoms with Crippen molar-refractivity contribution in [3.8, 4) is 11.5 Å². The van der Waals surface area contributed by atoms with Crippen molar-refractivity contribution in [1.29, 1.82) is 0 Å². The second kappa shape index (κ2) is 8.64. The van der Waals surface area contributed by atoms with Gasteiger partial charge < -0.3 is 25.0 Å². The number of hydrogen-bond acceptors (Lipinski definition) is 5. The third-order valence-corrected chi connectivity index (χ3v) is 4.66. The Labute approximate surface area is 168 Å². The molecule has 0 saturated carbocycles. The highest BCUT2D eigenvalue weighted by molar-refractivity contribution is 6.39. The van der Waals surface area contributed by atoms with Crippen LogP contribution in [0.2, 0.25) is 0 Å². The van der Waals surface area contributed by atoms with E-state index in [9.17, 15) is 14.4 Å². The van der Waals surface area contributed by atoms with Crippen LogP contribution in [0.3, 0.4) is 0 Å². The van der Waals surface area contributed by atoms with Gasteiger partial charge in [0.15, 0.2) is 11.5 Å². The summed E-state index contributed by atoms with van der Waals surface area (Å²) in [5.41, 5.74) is 3.08. The van der Waals surface area contributed by atoms with Gasteiger partial charge in [0.05, 0.1) is 14.2 Å². The standard InChI is InChI=1S/C21H23N3O5/c1-13(25)22-16-4-6-17(7-5-16)23-20(26)21(27)24-9-8-14-10-18(28-2)19(29-3)11-15(14)12-24/h4-7,10-11H,8-9,12H2,1-3H3,(H,22,25)(H,23,26). The van der Waals surface area contributed by atoms with Crippen LogP contribution in [0.25, 0.3) is 0 Å². The largest absolute Gasteiger partial charge is 0.493 e. The summed E-state index contributed by atoms with van der Waals surface area (Å²) in [7, 11) is 3.14. The Morgan fingerprint density at radius 3 is 2.00 bits per heavy atom. The second-order valence-corrected chi connectivity index (χ2v) is 6.67. The summed E-state index contributed by atoms with van der Waals surface area (Å²) < 4.78 is 10.6. The molecule has 0 radical (unpaired) electrons. The van der Waals surface area contributed by atoms with Crippen LogP contribution in [-0.2, 0) is 27.3 Å². The first-order valence-electron chi connectivity index (χ1n) is 9.13. The number of hydrogen-bond donors (Lipinski definition) is 2. The average Bonchev–Trinajstić information content (AvgIpc) is 2.72. The molecule has 0 fully saturated rings. The first-order valence-corrected chi connectivity index (χ1v) is 9.13. The van der Waals surface area contributed by atoms with E-state index in [1.165, 1.54) is 11.8 Å². The summed E-state index contributed by atoms with van der Waals surface area (Å²) in [5.74, 6) is -0.259. The minimum absolute atomic E-state index is 0.184. The Balaban J connectivity index is 1.66. The quantitative estimate of drug-likeness (QED) is 0.771. The zero-order valence-corrected chi connectivity index (χ0v) is 16.6. The summed E-state index contributed by atoms with van der Waals surface area (Å²) in [4.78, 5) is 37.6. The highest BCUT2D eigenvalue weighted by Crippen LogP contribution is 2.33. The topological polar surface area (TPSA) is 97.0 Å². The number of nitrogens with one attached hydrogen (secondary N) is 2. The fourth-order valence-corrected chi connectivity index (χ4v) is 3.22. The number of benzene rings is 2. The average molecular weight is 397 g/mol. The molecule has 152 valence electrons. The van der Waals surface area contributed by atoms with Crippen molar-refractivity contribution in [3.05, 3.63) is 47.5 Å². The van der Waals surface area contributed by atoms with E-state index in [2.05, 4.69) is 10.6 Å². The molecular weight excluding hydrogens is 374 g/mol. The van der Waals surface area contributed by atoms with E-state index in [1.807, 2.05) is 12.1 Å². The lowest BCUT2D eigenvalue weighted by Crippen LogP contribution is -2.42. The molecule has 1 aliphatic heterocycles. The Bertz CT molecular complexity index is 940. The van der Waals surface area contributed by atoms with Crippen molar-refractivity contribution in [2.45, 2.75) is 19.9 Å². The van der Waals surface area contributed by atoms with E-state index >= 15 is 0 Å². The normalized spacial score (nSPS) is 12.6. The van der Waals surface area contributed by atoms with Crippen molar-refractivity contribution >= 4 is 29.1 Å². The Morgan fingerprint density at radius 2 is 1.45 bits per heavy atom. The number of nitrogens with zero attached hydrogens (tertiary/aromatic N) is 1. The molecular formula is C21H23N3O5. The number of amides is 3. The lowest BCUT2D eigenvalue weighted by atomic mass is 9.98. The van der Waals surface area contributed by atoms with Gasteiger partial charge in [-0.2, -0.15) is 0 Å². The van der Waals surface area contributed by atoms with Crippen LogP contribution < -0.4 is 20.1 Å². The summed E-state index contributed by atoms with van der Waals surface area (Å²) in [5, 5.41) is 5.24. The molecule has 2 aromatic rings. The predicted octanol–water partition coefficient (Wildman–Crippen LogP) is 2.19. The maximum absolute atomic E-state index is 12.6. The molecule has 29 heavy (non-hydrogen) atoms. The van der Waals surface area contributed by atoms with E-state index in [-0.39, 0.29) is 5.91 Å². The number of carbonyl (C=O) groups excluding carboxylic acids is 3. The van der Waals surface area contributed by atoms with Gasteiger partial charge in [0.1, 0.15) is 0 Å². The number of anilines is 2. The summed E-state index contributed by atoms with van der Waals surface area (Å²) in [6, 6.07) is 10.3. The van der Waals surface area contributed by atoms with Crippen LogP contribution in [-0.4, -0.2) is 43.4 Å². The zero-order valence-electron chi connectivity index (χ0n) is 16.6. The Morgan fingerprint density at radius 1 is 0.897 bits per heavy atom. The van der Waals surface area contributed by atoms with Crippen molar-refractivity contribution in [1.82, 2.24) is 4.90 Å². The number of methoxy groups -OCH3 is 2. The van der Waals surface area contributed by atoms with Gasteiger partial charge in [0.25, 0.3) is 0 Å². The van der Waals surface area contributed by atoms with Crippen LogP contribution in [0, 0.1) is 0 Å². The highest BCUT2D eigenvalue weighted by atomic mass is 16.5. The molecule has 3 amide bonds. The SMILES string of the molecule is COc1cc2c(cc1OC)CN(C(=O)C(=O)Nc1ccc(NC(C)=O)cc1)CC2. The van der Waals surface area contributed by atoms with Gasteiger partial charge in [-0.3, -0.25) is 14.4 Å². The molecule has 1 aliphatic rings. The monoisotopic (exact) mass is 397 g/mol. The maximum Gasteiger partial charge on any atom is 0.313 e. The zero-order chi connectivity index (χ0) is 21.0. The van der Waals surface area contributed by atoms with Gasteiger partial charge in [-0.25, -0.2) is 0 Å². The number of ether oxygens (including phenoxy) is 2. The summed E-state index contributed by atoms with van der Waals surface area (Å²) >= 11 is 0. The van der Waals surface area contributed by atoms with Gasteiger partial charge in [0.2, 0.25) is 5.91 Å². The molecule has 0 atom stereocenters. The summed E-state index contributed by atoms with van der Waals surface area (Å²) in [6.07, 6.45) is 0.625. The molecule has 0 unspecified atom stereocenters. The molecule has 1 heterocycles. The van der Waals surface area contributed by atoms with Gasteiger partial charge in [0, 0.05) is 31.4 Å². The molecule has 0 spiro atoms. The first-order chi connectivity index (χ1) is 13.9. The lowest BCUT2D eigenvalue weighted by Gasteiger charge is -2.29. The van der Waals surface area contributed by atoms with E-state index in [4.69, 9.17) is 9.47 Å². The van der Waals surface area contributed by atoms with Crippen LogP contribution in [0.4, 0.5) is 11.4 Å². The third-order valence-electron chi connectivity index (χ3n) is 4.66. The number of fused-ring (bicyclic) bond motifs is 1. The van der Waals surface area contributed by atoms with Crippen molar-refractivity contribution in [2.75, 3.05) is 31.4 Å². The van der Waals surface area contributed by atoms with Crippen molar-refractivity contribution < 1.29 is 23.9 Å². The molecule has 8 nitrogen and oxygen atoms in total. The van der Waals surface area contributed by atoms with E-state index < -0.39 is 11.8 Å². The first kappa shape index (κ1) is 20.2. The van der Waals surface area contributed by atoms with E-state index in [0.29, 0.717) is 42.4 Å². The van der Waals surface area contributed by atoms with Crippen LogP contribution >= 0.6 is 0 Å². The molecule has 2 N–H and O–H groups in total. The fourth-order valence-electron chi connectivity index (χ4n) is 3.22. The van der Waals surface area contributed by atoms with E-state index in [0.717, 1.165) is 11.1 Å². The van der Waals surface area contributed by atoms with Crippen molar-refractivity contribution in [2.24, 2.45) is 0 Å². The molecule has 0 bridgehead atoms. The van der Waals surface area contributed by atoms with Gasteiger partial charge >= 0.3 is 11.8 Å². The molecule has 0 saturated heterocycles. The molecule has 8 heteroatoms. The molecule has 0 aromatic heterocycles. The maximum atomic E-state index is 12.6.